The van der Waals surface area contributed by atoms with E-state index in [0.717, 1.165) is 6.26 Å². The summed E-state index contributed by atoms with van der Waals surface area (Å²) in [4.78, 5) is 0.125. The van der Waals surface area contributed by atoms with Crippen LogP contribution in [0.3, 0.4) is 0 Å². The van der Waals surface area contributed by atoms with E-state index in [9.17, 15) is 8.42 Å². The molecule has 8 heteroatoms. The molecule has 0 aliphatic heterocycles. The Hall–Kier alpha value is -0.730. The Balaban J connectivity index is 2.61. The van der Waals surface area contributed by atoms with Gasteiger partial charge in [-0.3, -0.25) is 0 Å². The highest BCUT2D eigenvalue weighted by Crippen LogP contribution is 1.93. The molecule has 1 aromatic heterocycles. The van der Waals surface area contributed by atoms with Crippen LogP contribution < -0.4 is 4.72 Å². The van der Waals surface area contributed by atoms with Gasteiger partial charge in [0.2, 0.25) is 15.9 Å². The summed E-state index contributed by atoms with van der Waals surface area (Å²) >= 11 is 4.58. The van der Waals surface area contributed by atoms with Crippen molar-refractivity contribution in [1.82, 2.24) is 14.9 Å². The highest BCUT2D eigenvalue weighted by Gasteiger charge is 2.03. The van der Waals surface area contributed by atoms with E-state index in [1.54, 1.807) is 0 Å². The molecule has 0 aromatic carbocycles. The zero-order valence-electron chi connectivity index (χ0n) is 6.20. The van der Waals surface area contributed by atoms with Crippen molar-refractivity contribution in [2.75, 3.05) is 6.26 Å². The molecule has 6 nitrogen and oxygen atoms in total. The topological polar surface area (TPSA) is 88.0 Å². The lowest BCUT2D eigenvalue weighted by Crippen LogP contribution is -2.21. The van der Waals surface area contributed by atoms with Crippen LogP contribution >= 0.6 is 12.2 Å². The van der Waals surface area contributed by atoms with Crippen LogP contribution in [-0.2, 0) is 16.6 Å². The van der Waals surface area contributed by atoms with Gasteiger partial charge in [-0.25, -0.2) is 18.2 Å². The number of rotatable bonds is 3. The average Bonchev–Trinajstić information content (AvgIpc) is 2.30. The van der Waals surface area contributed by atoms with E-state index in [2.05, 4.69) is 27.1 Å². The molecule has 0 aliphatic rings. The molecule has 1 aromatic rings. The smallest absolute Gasteiger partial charge is 0.284 e. The van der Waals surface area contributed by atoms with Crippen molar-refractivity contribution in [3.8, 4) is 0 Å². The fourth-order valence-corrected chi connectivity index (χ4v) is 1.06. The van der Waals surface area contributed by atoms with Gasteiger partial charge in [-0.1, -0.05) is 0 Å². The summed E-state index contributed by atoms with van der Waals surface area (Å²) in [5, 5.41) is 5.96. The van der Waals surface area contributed by atoms with E-state index in [1.807, 2.05) is 0 Å². The van der Waals surface area contributed by atoms with E-state index in [4.69, 9.17) is 4.42 Å². The molecule has 0 saturated heterocycles. The first kappa shape index (κ1) is 9.36. The first-order chi connectivity index (χ1) is 5.47. The fourth-order valence-electron chi connectivity index (χ4n) is 0.529. The summed E-state index contributed by atoms with van der Waals surface area (Å²) in [6, 6.07) is 0. The molecule has 0 saturated carbocycles. The predicted octanol–water partition coefficient (Wildman–Crippen LogP) is -0.219. The van der Waals surface area contributed by atoms with E-state index in [-0.39, 0.29) is 17.3 Å². The van der Waals surface area contributed by atoms with Crippen LogP contribution in [0.25, 0.3) is 0 Å². The first-order valence-electron chi connectivity index (χ1n) is 2.96. The lowest BCUT2D eigenvalue weighted by atomic mass is 10.7. The molecule has 0 fully saturated rings. The summed E-state index contributed by atoms with van der Waals surface area (Å²) in [5.74, 6) is 0.213. The van der Waals surface area contributed by atoms with Crippen LogP contribution in [0.2, 0.25) is 0 Å². The van der Waals surface area contributed by atoms with Crippen molar-refractivity contribution in [3.63, 3.8) is 0 Å². The van der Waals surface area contributed by atoms with Gasteiger partial charge in [0, 0.05) is 0 Å². The van der Waals surface area contributed by atoms with Crippen molar-refractivity contribution in [3.05, 3.63) is 10.7 Å². The Labute approximate surface area is 74.0 Å². The summed E-state index contributed by atoms with van der Waals surface area (Å²) in [6.07, 6.45) is 1.05. The molecule has 0 unspecified atom stereocenters. The second-order valence-corrected chi connectivity index (χ2v) is 4.30. The van der Waals surface area contributed by atoms with E-state index >= 15 is 0 Å². The van der Waals surface area contributed by atoms with Crippen LogP contribution in [0.15, 0.2) is 4.42 Å². The van der Waals surface area contributed by atoms with Gasteiger partial charge in [0.25, 0.3) is 4.84 Å². The number of aromatic nitrogens is 2. The summed E-state index contributed by atoms with van der Waals surface area (Å²) in [6.45, 7) is 0.00593. The maximum Gasteiger partial charge on any atom is 0.284 e. The molecular formula is C4H7N3O3S2. The second kappa shape index (κ2) is 3.33. The minimum Gasteiger partial charge on any atom is -0.413 e. The molecule has 12 heavy (non-hydrogen) atoms. The van der Waals surface area contributed by atoms with Gasteiger partial charge in [0.05, 0.1) is 12.8 Å². The molecule has 1 rings (SSSR count). The number of nitrogens with zero attached hydrogens (tertiary/aromatic N) is 1. The zero-order valence-corrected chi connectivity index (χ0v) is 7.83. The minimum atomic E-state index is -3.21. The number of hydrogen-bond acceptors (Lipinski definition) is 5. The van der Waals surface area contributed by atoms with Gasteiger partial charge < -0.3 is 4.42 Å². The van der Waals surface area contributed by atoms with Crippen molar-refractivity contribution >= 4 is 22.2 Å². The summed E-state index contributed by atoms with van der Waals surface area (Å²) in [7, 11) is -3.21. The Morgan fingerprint density at radius 2 is 2.42 bits per heavy atom. The third-order valence-corrected chi connectivity index (χ3v) is 1.81. The molecule has 0 radical (unpaired) electrons. The van der Waals surface area contributed by atoms with E-state index in [0.29, 0.717) is 0 Å². The van der Waals surface area contributed by atoms with Crippen molar-refractivity contribution < 1.29 is 12.8 Å². The molecule has 0 spiro atoms. The Bertz CT molecular complexity index is 403. The van der Waals surface area contributed by atoms with Gasteiger partial charge in [-0.15, -0.1) is 5.10 Å². The zero-order chi connectivity index (χ0) is 9.19. The second-order valence-electron chi connectivity index (χ2n) is 2.10. The minimum absolute atomic E-state index is 0.00593. The van der Waals surface area contributed by atoms with E-state index < -0.39 is 10.0 Å². The van der Waals surface area contributed by atoms with Crippen LogP contribution in [0, 0.1) is 4.84 Å². The SMILES string of the molecule is CS(=O)(=O)NCc1n[nH]c(=S)o1. The number of sulfonamides is 1. The number of H-pyrrole nitrogens is 1. The normalized spacial score (nSPS) is 11.8. The van der Waals surface area contributed by atoms with Crippen molar-refractivity contribution in [2.24, 2.45) is 0 Å². The largest absolute Gasteiger partial charge is 0.413 e. The maximum absolute atomic E-state index is 10.6. The third-order valence-electron chi connectivity index (χ3n) is 0.968. The van der Waals surface area contributed by atoms with Gasteiger partial charge in [-0.05, 0) is 12.2 Å². The first-order valence-corrected chi connectivity index (χ1v) is 5.26. The summed E-state index contributed by atoms with van der Waals surface area (Å²) < 4.78 is 28.2. The average molecular weight is 209 g/mol. The molecule has 1 heterocycles. The van der Waals surface area contributed by atoms with Crippen molar-refractivity contribution in [2.45, 2.75) is 6.54 Å². The van der Waals surface area contributed by atoms with Crippen LogP contribution in [0.5, 0.6) is 0 Å². The van der Waals surface area contributed by atoms with E-state index in [1.165, 1.54) is 0 Å². The molecule has 2 N–H and O–H groups in total. The highest BCUT2D eigenvalue weighted by molar-refractivity contribution is 7.88. The van der Waals surface area contributed by atoms with Gasteiger partial charge in [0.1, 0.15) is 0 Å². The van der Waals surface area contributed by atoms with Crippen molar-refractivity contribution in [1.29, 1.82) is 0 Å². The number of nitrogens with one attached hydrogen (secondary N) is 2. The Kier molecular flexibility index (Phi) is 2.60. The quantitative estimate of drug-likeness (QED) is 0.672. The van der Waals surface area contributed by atoms with Crippen LogP contribution in [0.4, 0.5) is 0 Å². The predicted molar refractivity (Wildman–Crippen MR) is 43.4 cm³/mol. The molecule has 0 amide bonds. The number of aromatic amines is 1. The molecule has 0 aliphatic carbocycles. The van der Waals surface area contributed by atoms with Gasteiger partial charge in [0.15, 0.2) is 0 Å². The van der Waals surface area contributed by atoms with Gasteiger partial charge >= 0.3 is 0 Å². The van der Waals surface area contributed by atoms with Crippen LogP contribution in [0.1, 0.15) is 5.89 Å². The number of hydrogen-bond donors (Lipinski definition) is 2. The lowest BCUT2D eigenvalue weighted by molar-refractivity contribution is 0.473. The highest BCUT2D eigenvalue weighted by atomic mass is 32.2. The third kappa shape index (κ3) is 3.11. The molecule has 0 bridgehead atoms. The Morgan fingerprint density at radius 3 is 2.83 bits per heavy atom. The molecule has 0 atom stereocenters. The van der Waals surface area contributed by atoms with Crippen LogP contribution in [-0.4, -0.2) is 24.9 Å². The Morgan fingerprint density at radius 1 is 1.75 bits per heavy atom. The maximum atomic E-state index is 10.6. The summed E-state index contributed by atoms with van der Waals surface area (Å²) in [5.41, 5.74) is 0. The van der Waals surface area contributed by atoms with Gasteiger partial charge in [-0.2, -0.15) is 0 Å². The lowest BCUT2D eigenvalue weighted by Gasteiger charge is -1.95. The monoisotopic (exact) mass is 209 g/mol. The fraction of sp³-hybridized carbons (Fsp3) is 0.500. The molecule has 68 valence electrons. The standard InChI is InChI=1S/C4H7N3O3S2/c1-12(8,9)5-2-3-6-7-4(11)10-3/h5H,2H2,1H3,(H,7,11). The molecular weight excluding hydrogens is 202 g/mol.